The summed E-state index contributed by atoms with van der Waals surface area (Å²) in [5.74, 6) is -0.434. The number of hydrogen-bond acceptors (Lipinski definition) is 5. The lowest BCUT2D eigenvalue weighted by molar-refractivity contribution is -0.127. The Morgan fingerprint density at radius 2 is 1.83 bits per heavy atom. The van der Waals surface area contributed by atoms with Crippen LogP contribution in [0.5, 0.6) is 5.75 Å². The van der Waals surface area contributed by atoms with Gasteiger partial charge in [0.25, 0.3) is 0 Å². The monoisotopic (exact) mass is 478 g/mol. The van der Waals surface area contributed by atoms with Crippen LogP contribution in [0.2, 0.25) is 0 Å². The van der Waals surface area contributed by atoms with E-state index in [1.54, 1.807) is 11.0 Å². The average Bonchev–Trinajstić information content (AvgIpc) is 2.82. The first-order chi connectivity index (χ1) is 16.7. The Kier molecular flexibility index (Phi) is 7.20. The van der Waals surface area contributed by atoms with E-state index in [1.807, 2.05) is 57.2 Å². The molecule has 7 nitrogen and oxygen atoms in total. The van der Waals surface area contributed by atoms with Gasteiger partial charge in [-0.3, -0.25) is 14.5 Å². The molecule has 7 heteroatoms. The highest BCUT2D eigenvalue weighted by molar-refractivity contribution is 5.98. The lowest BCUT2D eigenvalue weighted by atomic mass is 9.57. The first kappa shape index (κ1) is 25.2. The van der Waals surface area contributed by atoms with Crippen molar-refractivity contribution in [3.63, 3.8) is 0 Å². The standard InChI is InChI=1S/C28H36N3O4/c1-20(32)31-24-9-6-5-8-23(24)28(4,25(26(29)33)27(31,2)3)21-10-12-22(13-11-21)35-17-7-14-30-15-18-34-19-16-30/h6,8-13,25H,7,14-19H2,1-4H3,(H2,29,33). The molecule has 0 aromatic heterocycles. The molecule has 1 fully saturated rings. The van der Waals surface area contributed by atoms with Crippen LogP contribution in [0.15, 0.2) is 42.5 Å². The number of nitrogens with zero attached hydrogens (tertiary/aromatic N) is 2. The Labute approximate surface area is 208 Å². The number of amides is 2. The highest BCUT2D eigenvalue weighted by atomic mass is 16.5. The van der Waals surface area contributed by atoms with Crippen molar-refractivity contribution in [2.24, 2.45) is 11.7 Å². The molecule has 1 saturated heterocycles. The highest BCUT2D eigenvalue weighted by Crippen LogP contribution is 2.54. The van der Waals surface area contributed by atoms with Gasteiger partial charge in [0.05, 0.1) is 31.3 Å². The third-order valence-corrected chi connectivity index (χ3v) is 7.55. The number of nitrogens with two attached hydrogens (primary N) is 1. The fourth-order valence-corrected chi connectivity index (χ4v) is 6.07. The number of benzene rings is 2. The van der Waals surface area contributed by atoms with Crippen LogP contribution in [0.4, 0.5) is 5.69 Å². The fourth-order valence-electron chi connectivity index (χ4n) is 6.07. The van der Waals surface area contributed by atoms with E-state index >= 15 is 0 Å². The maximum Gasteiger partial charge on any atom is 0.224 e. The van der Waals surface area contributed by atoms with Crippen molar-refractivity contribution in [2.75, 3.05) is 44.4 Å². The van der Waals surface area contributed by atoms with Crippen molar-refractivity contribution in [1.29, 1.82) is 0 Å². The molecule has 2 aliphatic heterocycles. The summed E-state index contributed by atoms with van der Waals surface area (Å²) in [6.45, 7) is 12.6. The summed E-state index contributed by atoms with van der Waals surface area (Å²) < 4.78 is 11.4. The summed E-state index contributed by atoms with van der Waals surface area (Å²) in [6, 6.07) is 16.6. The van der Waals surface area contributed by atoms with Crippen molar-refractivity contribution in [3.05, 3.63) is 59.7 Å². The molecule has 2 aromatic carbocycles. The predicted octanol–water partition coefficient (Wildman–Crippen LogP) is 3.14. The van der Waals surface area contributed by atoms with E-state index in [9.17, 15) is 9.59 Å². The van der Waals surface area contributed by atoms with E-state index in [-0.39, 0.29) is 5.91 Å². The summed E-state index contributed by atoms with van der Waals surface area (Å²) in [6.07, 6.45) is 0.946. The fraction of sp³-hybridized carbons (Fsp3) is 0.500. The minimum Gasteiger partial charge on any atom is -0.494 e. The number of fused-ring (bicyclic) bond motifs is 1. The molecule has 0 spiro atoms. The predicted molar refractivity (Wildman–Crippen MR) is 135 cm³/mol. The van der Waals surface area contributed by atoms with Gasteiger partial charge in [-0.15, -0.1) is 0 Å². The zero-order valence-corrected chi connectivity index (χ0v) is 21.2. The van der Waals surface area contributed by atoms with Crippen molar-refractivity contribution < 1.29 is 19.1 Å². The van der Waals surface area contributed by atoms with Crippen LogP contribution < -0.4 is 15.4 Å². The molecule has 0 bridgehead atoms. The number of primary amides is 1. The largest absolute Gasteiger partial charge is 0.494 e. The molecular formula is C28H36N3O4. The molecule has 1 radical (unpaired) electrons. The minimum atomic E-state index is -0.824. The Morgan fingerprint density at radius 3 is 2.46 bits per heavy atom. The van der Waals surface area contributed by atoms with Gasteiger partial charge < -0.3 is 20.1 Å². The van der Waals surface area contributed by atoms with Gasteiger partial charge >= 0.3 is 0 Å². The second kappa shape index (κ2) is 9.99. The Morgan fingerprint density at radius 1 is 1.14 bits per heavy atom. The third kappa shape index (κ3) is 4.67. The van der Waals surface area contributed by atoms with Crippen molar-refractivity contribution in [2.45, 2.75) is 45.1 Å². The number of carbonyl (C=O) groups excluding carboxylic acids is 2. The normalized spacial score (nSPS) is 24.0. The van der Waals surface area contributed by atoms with Gasteiger partial charge in [0.15, 0.2) is 0 Å². The number of ether oxygens (including phenoxy) is 2. The number of anilines is 1. The maximum atomic E-state index is 12.9. The highest BCUT2D eigenvalue weighted by Gasteiger charge is 2.57. The van der Waals surface area contributed by atoms with Crippen molar-refractivity contribution in [3.8, 4) is 5.75 Å². The van der Waals surface area contributed by atoms with E-state index < -0.39 is 22.8 Å². The molecule has 35 heavy (non-hydrogen) atoms. The van der Waals surface area contributed by atoms with Gasteiger partial charge in [-0.05, 0) is 61.7 Å². The van der Waals surface area contributed by atoms with Crippen LogP contribution in [-0.4, -0.2) is 61.7 Å². The second-order valence-electron chi connectivity index (χ2n) is 10.2. The number of morpholine rings is 1. The maximum absolute atomic E-state index is 12.9. The van der Waals surface area contributed by atoms with Crippen LogP contribution in [-0.2, 0) is 19.7 Å². The summed E-state index contributed by atoms with van der Waals surface area (Å²) in [7, 11) is 0. The molecule has 0 saturated carbocycles. The van der Waals surface area contributed by atoms with Crippen LogP contribution in [0.3, 0.4) is 0 Å². The molecule has 4 rings (SSSR count). The van der Waals surface area contributed by atoms with Crippen LogP contribution in [0.25, 0.3) is 0 Å². The first-order valence-corrected chi connectivity index (χ1v) is 12.3. The smallest absolute Gasteiger partial charge is 0.224 e. The van der Waals surface area contributed by atoms with Gasteiger partial charge in [-0.2, -0.15) is 0 Å². The first-order valence-electron chi connectivity index (χ1n) is 12.3. The van der Waals surface area contributed by atoms with Crippen LogP contribution in [0.1, 0.15) is 45.2 Å². The van der Waals surface area contributed by atoms with Gasteiger partial charge in [0.2, 0.25) is 11.8 Å². The topological polar surface area (TPSA) is 85.1 Å². The second-order valence-corrected chi connectivity index (χ2v) is 10.2. The Bertz CT molecular complexity index is 1060. The van der Waals surface area contributed by atoms with Crippen LogP contribution >= 0.6 is 0 Å². The molecule has 2 atom stereocenters. The Balaban J connectivity index is 1.59. The van der Waals surface area contributed by atoms with Gasteiger partial charge in [-0.1, -0.05) is 25.1 Å². The van der Waals surface area contributed by atoms with E-state index in [0.717, 1.165) is 61.8 Å². The summed E-state index contributed by atoms with van der Waals surface area (Å²) >= 11 is 0. The van der Waals surface area contributed by atoms with E-state index in [0.29, 0.717) is 6.61 Å². The lowest BCUT2D eigenvalue weighted by Crippen LogP contribution is -2.65. The molecule has 2 heterocycles. The van der Waals surface area contributed by atoms with Gasteiger partial charge in [0.1, 0.15) is 5.75 Å². The van der Waals surface area contributed by atoms with Crippen molar-refractivity contribution >= 4 is 17.5 Å². The van der Waals surface area contributed by atoms with Gasteiger partial charge in [-0.25, -0.2) is 0 Å². The molecule has 187 valence electrons. The SMILES string of the molecule is CC(=O)N1c2cc[c]cc2C(C)(c2ccc(OCCCN3CCOCC3)cc2)C(C(N)=O)C1(C)C. The van der Waals surface area contributed by atoms with Gasteiger partial charge in [0, 0.05) is 37.7 Å². The zero-order chi connectivity index (χ0) is 25.2. The number of carbonyl (C=O) groups is 2. The number of rotatable bonds is 7. The summed E-state index contributed by atoms with van der Waals surface area (Å²) in [5, 5.41) is 0. The van der Waals surface area contributed by atoms with E-state index in [1.165, 1.54) is 6.92 Å². The van der Waals surface area contributed by atoms with E-state index in [2.05, 4.69) is 11.0 Å². The zero-order valence-electron chi connectivity index (χ0n) is 21.2. The molecule has 2 aromatic rings. The lowest BCUT2D eigenvalue weighted by Gasteiger charge is -2.55. The molecule has 2 amide bonds. The summed E-state index contributed by atoms with van der Waals surface area (Å²) in [5.41, 5.74) is 7.04. The summed E-state index contributed by atoms with van der Waals surface area (Å²) in [4.78, 5) is 29.7. The molecular weight excluding hydrogens is 442 g/mol. The Hall–Kier alpha value is -2.90. The third-order valence-electron chi connectivity index (χ3n) is 7.55. The van der Waals surface area contributed by atoms with Crippen LogP contribution in [0, 0.1) is 12.0 Å². The minimum absolute atomic E-state index is 0.128. The number of hydrogen-bond donors (Lipinski definition) is 1. The molecule has 0 aliphatic carbocycles. The molecule has 2 aliphatic rings. The molecule has 2 N–H and O–H groups in total. The quantitative estimate of drug-likeness (QED) is 0.618. The average molecular weight is 479 g/mol. The molecule has 2 unspecified atom stereocenters. The van der Waals surface area contributed by atoms with E-state index in [4.69, 9.17) is 15.2 Å². The van der Waals surface area contributed by atoms with Crippen molar-refractivity contribution in [1.82, 2.24) is 4.90 Å².